The molecule has 14 heavy (non-hydrogen) atoms. The number of fused-ring (bicyclic) bond motifs is 1. The van der Waals surface area contributed by atoms with Gasteiger partial charge in [-0.25, -0.2) is 5.26 Å². The van der Waals surface area contributed by atoms with Crippen molar-refractivity contribution in [1.82, 2.24) is 5.32 Å². The zero-order valence-electron chi connectivity index (χ0n) is 9.42. The zero-order valence-corrected chi connectivity index (χ0v) is 9.42. The van der Waals surface area contributed by atoms with E-state index in [2.05, 4.69) is 11.3 Å². The van der Waals surface area contributed by atoms with Crippen LogP contribution in [0.25, 0.3) is 0 Å². The van der Waals surface area contributed by atoms with Gasteiger partial charge in [-0.1, -0.05) is 26.5 Å². The van der Waals surface area contributed by atoms with E-state index in [1.807, 2.05) is 13.8 Å². The van der Waals surface area contributed by atoms with E-state index in [9.17, 15) is 0 Å². The predicted octanol–water partition coefficient (Wildman–Crippen LogP) is 2.34. The van der Waals surface area contributed by atoms with E-state index < -0.39 is 0 Å². The van der Waals surface area contributed by atoms with E-state index >= 15 is 0 Å². The number of rotatable bonds is 0. The van der Waals surface area contributed by atoms with Crippen LogP contribution in [0.15, 0.2) is 0 Å². The molecule has 3 heteroatoms. The first-order chi connectivity index (χ1) is 6.90. The van der Waals surface area contributed by atoms with Gasteiger partial charge < -0.3 is 5.32 Å². The Bertz CT molecular complexity index is 200. The first-order valence-corrected chi connectivity index (χ1v) is 6.03. The molecule has 2 saturated heterocycles. The van der Waals surface area contributed by atoms with Crippen molar-refractivity contribution in [2.45, 2.75) is 51.8 Å². The minimum Gasteiger partial charge on any atom is -0.314 e. The molecule has 0 aliphatic carbocycles. The van der Waals surface area contributed by atoms with Gasteiger partial charge in [-0.3, -0.25) is 0 Å². The largest absolute Gasteiger partial charge is 0.314 e. The predicted molar refractivity (Wildman–Crippen MR) is 61.5 cm³/mol. The molecule has 0 aromatic carbocycles. The third kappa shape index (κ3) is 2.75. The summed E-state index contributed by atoms with van der Waals surface area (Å²) in [5.41, 5.74) is 0. The van der Waals surface area contributed by atoms with Gasteiger partial charge in [-0.15, -0.1) is 0 Å². The van der Waals surface area contributed by atoms with Crippen LogP contribution in [0.2, 0.25) is 12.6 Å². The van der Waals surface area contributed by atoms with Crippen LogP contribution >= 0.6 is 0 Å². The normalized spacial score (nSPS) is 30.8. The summed E-state index contributed by atoms with van der Waals surface area (Å²) in [6.45, 7) is 5.55. The van der Waals surface area contributed by atoms with Crippen molar-refractivity contribution in [3.8, 4) is 5.97 Å². The lowest BCUT2D eigenvalue weighted by Crippen LogP contribution is -2.46. The Morgan fingerprint density at radius 3 is 2.86 bits per heavy atom. The first-order valence-electron chi connectivity index (χ1n) is 6.03. The highest BCUT2D eigenvalue weighted by molar-refractivity contribution is 6.67. The number of nitriles is 1. The highest BCUT2D eigenvalue weighted by Gasteiger charge is 2.33. The van der Waals surface area contributed by atoms with Crippen molar-refractivity contribution < 1.29 is 0 Å². The Morgan fingerprint density at radius 2 is 2.14 bits per heavy atom. The third-order valence-electron chi connectivity index (χ3n) is 3.32. The summed E-state index contributed by atoms with van der Waals surface area (Å²) in [5, 5.41) is 12.4. The number of piperidine rings is 1. The topological polar surface area (TPSA) is 35.8 Å². The quantitative estimate of drug-likeness (QED) is 0.598. The maximum atomic E-state index is 8.81. The third-order valence-corrected chi connectivity index (χ3v) is 3.32. The number of nitrogens with zero attached hydrogens (tertiary/aromatic N) is 1. The Kier molecular flexibility index (Phi) is 5.04. The Labute approximate surface area is 88.1 Å². The second kappa shape index (κ2) is 6.08. The van der Waals surface area contributed by atoms with Crippen LogP contribution in [0.5, 0.6) is 0 Å². The van der Waals surface area contributed by atoms with Crippen molar-refractivity contribution >= 4 is 6.71 Å². The van der Waals surface area contributed by atoms with Crippen molar-refractivity contribution in [2.75, 3.05) is 6.54 Å². The van der Waals surface area contributed by atoms with E-state index in [0.717, 1.165) is 24.6 Å². The smallest absolute Gasteiger partial charge is 0.268 e. The monoisotopic (exact) mass is 192 g/mol. The zero-order chi connectivity index (χ0) is 10.4. The van der Waals surface area contributed by atoms with Gasteiger partial charge in [0, 0.05) is 12.0 Å². The molecule has 0 bridgehead atoms. The maximum absolute atomic E-state index is 8.81. The molecule has 2 unspecified atom stereocenters. The van der Waals surface area contributed by atoms with Gasteiger partial charge >= 0.3 is 0 Å². The fourth-order valence-corrected chi connectivity index (χ4v) is 2.62. The molecule has 2 atom stereocenters. The van der Waals surface area contributed by atoms with Crippen LogP contribution in [0.3, 0.4) is 0 Å². The second-order valence-electron chi connectivity index (χ2n) is 4.10. The molecule has 1 N–H and O–H groups in total. The lowest BCUT2D eigenvalue weighted by Gasteiger charge is -2.37. The molecule has 0 amide bonds. The maximum Gasteiger partial charge on any atom is 0.268 e. The number of hydrogen-bond donors (Lipinski definition) is 1. The molecule has 0 aromatic heterocycles. The second-order valence-corrected chi connectivity index (χ2v) is 4.10. The van der Waals surface area contributed by atoms with Crippen LogP contribution in [0, 0.1) is 17.1 Å². The molecular formula is C11H21BN2. The first kappa shape index (κ1) is 11.6. The van der Waals surface area contributed by atoms with Crippen molar-refractivity contribution in [2.24, 2.45) is 5.92 Å². The fraction of sp³-hybridized carbons (Fsp3) is 0.909. The molecule has 2 aliphatic heterocycles. The Hall–Kier alpha value is -0.485. The summed E-state index contributed by atoms with van der Waals surface area (Å²) in [4.78, 5) is 0. The number of hydrogen-bond acceptors (Lipinski definition) is 2. The molecule has 78 valence electrons. The van der Waals surface area contributed by atoms with Crippen LogP contribution in [0.4, 0.5) is 0 Å². The van der Waals surface area contributed by atoms with Crippen LogP contribution in [-0.4, -0.2) is 19.3 Å². The van der Waals surface area contributed by atoms with Crippen molar-refractivity contribution in [1.29, 1.82) is 5.26 Å². The van der Waals surface area contributed by atoms with Crippen molar-refractivity contribution in [3.05, 3.63) is 0 Å². The van der Waals surface area contributed by atoms with Gasteiger partial charge in [-0.2, -0.15) is 0 Å². The standard InChI is InChI=1S/C9H15BN2.C2H6/c11-7-10-4-3-9-8(6-10)2-1-5-12-9;1-2/h8-9,12H,1-6H2;1-2H3. The van der Waals surface area contributed by atoms with E-state index in [4.69, 9.17) is 5.26 Å². The van der Waals surface area contributed by atoms with E-state index in [1.54, 1.807) is 0 Å². The van der Waals surface area contributed by atoms with Crippen LogP contribution < -0.4 is 5.32 Å². The molecule has 0 aromatic rings. The fourth-order valence-electron chi connectivity index (χ4n) is 2.62. The molecule has 2 heterocycles. The summed E-state index contributed by atoms with van der Waals surface area (Å²) < 4.78 is 0. The summed E-state index contributed by atoms with van der Waals surface area (Å²) in [7, 11) is 0. The summed E-state index contributed by atoms with van der Waals surface area (Å²) >= 11 is 0. The van der Waals surface area contributed by atoms with E-state index in [1.165, 1.54) is 25.8 Å². The Balaban J connectivity index is 0.000000461. The molecule has 0 saturated carbocycles. The van der Waals surface area contributed by atoms with Gasteiger partial charge in [0.05, 0.1) is 0 Å². The molecule has 2 nitrogen and oxygen atoms in total. The van der Waals surface area contributed by atoms with E-state index in [0.29, 0.717) is 6.71 Å². The Morgan fingerprint density at radius 1 is 1.36 bits per heavy atom. The van der Waals surface area contributed by atoms with Gasteiger partial charge in [0.1, 0.15) is 0 Å². The average molecular weight is 192 g/mol. The molecule has 0 spiro atoms. The highest BCUT2D eigenvalue weighted by atomic mass is 14.9. The van der Waals surface area contributed by atoms with Crippen molar-refractivity contribution in [3.63, 3.8) is 0 Å². The minimum atomic E-state index is 0.353. The number of nitrogens with one attached hydrogen (secondary N) is 1. The van der Waals surface area contributed by atoms with E-state index in [-0.39, 0.29) is 0 Å². The lowest BCUT2D eigenvalue weighted by molar-refractivity contribution is 0.282. The molecule has 2 rings (SSSR count). The van der Waals surface area contributed by atoms with Crippen LogP contribution in [0.1, 0.15) is 33.1 Å². The highest BCUT2D eigenvalue weighted by Crippen LogP contribution is 2.31. The average Bonchev–Trinajstić information content (AvgIpc) is 2.31. The minimum absolute atomic E-state index is 0.353. The summed E-state index contributed by atoms with van der Waals surface area (Å²) in [6, 6.07) is 0.739. The van der Waals surface area contributed by atoms with Gasteiger partial charge in [-0.05, 0) is 31.7 Å². The van der Waals surface area contributed by atoms with Crippen LogP contribution in [-0.2, 0) is 0 Å². The summed E-state index contributed by atoms with van der Waals surface area (Å²) in [6.07, 6.45) is 6.14. The lowest BCUT2D eigenvalue weighted by atomic mass is 9.39. The van der Waals surface area contributed by atoms with Gasteiger partial charge in [0.15, 0.2) is 0 Å². The SMILES string of the molecule is CC.N#CB1CCC2NCCCC2C1. The molecule has 2 fully saturated rings. The molecular weight excluding hydrogens is 171 g/mol. The molecule has 0 radical (unpaired) electrons. The van der Waals surface area contributed by atoms with Gasteiger partial charge in [0.2, 0.25) is 0 Å². The van der Waals surface area contributed by atoms with Gasteiger partial charge in [0.25, 0.3) is 6.71 Å². The molecule has 2 aliphatic rings. The summed E-state index contributed by atoms with van der Waals surface area (Å²) in [5.74, 6) is 3.21.